The van der Waals surface area contributed by atoms with Crippen LogP contribution in [0.25, 0.3) is 0 Å². The highest BCUT2D eigenvalue weighted by Gasteiger charge is 2.35. The normalized spacial score (nSPS) is 13.5. The average Bonchev–Trinajstić information content (AvgIpc) is 2.15. The van der Waals surface area contributed by atoms with Crippen molar-refractivity contribution in [2.24, 2.45) is 0 Å². The molecule has 1 aromatic heterocycles. The monoisotopic (exact) mass is 269 g/mol. The van der Waals surface area contributed by atoms with Crippen LogP contribution in [-0.2, 0) is 6.18 Å². The molecule has 1 aromatic rings. The molecule has 0 spiro atoms. The summed E-state index contributed by atoms with van der Waals surface area (Å²) in [5.74, 6) is -0.376. The standard InChI is InChI=1S/C9H11ClF3N3O/c1-5(2-3-17)15-7-6(9(11,12)13)4-14-8(10)16-7/h4-5,17H,2-3H2,1H3,(H,14,15,16). The molecule has 0 saturated heterocycles. The van der Waals surface area contributed by atoms with Gasteiger partial charge in [-0.25, -0.2) is 9.97 Å². The molecule has 0 fully saturated rings. The first kappa shape index (κ1) is 14.0. The predicted octanol–water partition coefficient (Wildman–Crippen LogP) is 2.33. The molecule has 1 atom stereocenters. The summed E-state index contributed by atoms with van der Waals surface area (Å²) in [6.45, 7) is 1.50. The van der Waals surface area contributed by atoms with Gasteiger partial charge in [0.05, 0.1) is 0 Å². The van der Waals surface area contributed by atoms with E-state index in [9.17, 15) is 13.2 Å². The lowest BCUT2D eigenvalue weighted by molar-refractivity contribution is -0.137. The SMILES string of the molecule is CC(CCO)Nc1nc(Cl)ncc1C(F)(F)F. The molecule has 4 nitrogen and oxygen atoms in total. The summed E-state index contributed by atoms with van der Waals surface area (Å²) in [4.78, 5) is 6.81. The lowest BCUT2D eigenvalue weighted by Crippen LogP contribution is -2.21. The molecular formula is C9H11ClF3N3O. The van der Waals surface area contributed by atoms with E-state index in [-0.39, 0.29) is 23.8 Å². The van der Waals surface area contributed by atoms with Crippen molar-refractivity contribution in [3.63, 3.8) is 0 Å². The van der Waals surface area contributed by atoms with Crippen molar-refractivity contribution in [1.29, 1.82) is 0 Å². The topological polar surface area (TPSA) is 58.0 Å². The molecule has 96 valence electrons. The van der Waals surface area contributed by atoms with Crippen LogP contribution in [0.15, 0.2) is 6.20 Å². The minimum atomic E-state index is -4.55. The zero-order valence-electron chi connectivity index (χ0n) is 8.92. The van der Waals surface area contributed by atoms with Crippen molar-refractivity contribution in [2.75, 3.05) is 11.9 Å². The lowest BCUT2D eigenvalue weighted by atomic mass is 10.2. The minimum Gasteiger partial charge on any atom is -0.396 e. The van der Waals surface area contributed by atoms with Crippen molar-refractivity contribution in [1.82, 2.24) is 9.97 Å². The highest BCUT2D eigenvalue weighted by molar-refractivity contribution is 6.28. The maximum Gasteiger partial charge on any atom is 0.421 e. The Hall–Kier alpha value is -1.08. The van der Waals surface area contributed by atoms with Crippen molar-refractivity contribution in [2.45, 2.75) is 25.6 Å². The second kappa shape index (κ2) is 5.50. The number of rotatable bonds is 4. The van der Waals surface area contributed by atoms with Crippen LogP contribution in [0.3, 0.4) is 0 Å². The maximum absolute atomic E-state index is 12.6. The van der Waals surface area contributed by atoms with Gasteiger partial charge < -0.3 is 10.4 Å². The van der Waals surface area contributed by atoms with Gasteiger partial charge in [0.15, 0.2) is 0 Å². The van der Waals surface area contributed by atoms with Gasteiger partial charge in [-0.05, 0) is 24.9 Å². The fourth-order valence-electron chi connectivity index (χ4n) is 1.18. The zero-order chi connectivity index (χ0) is 13.1. The molecule has 0 bridgehead atoms. The highest BCUT2D eigenvalue weighted by Crippen LogP contribution is 2.34. The molecule has 2 N–H and O–H groups in total. The van der Waals surface area contributed by atoms with E-state index >= 15 is 0 Å². The molecule has 0 aliphatic heterocycles. The summed E-state index contributed by atoms with van der Waals surface area (Å²) in [7, 11) is 0. The lowest BCUT2D eigenvalue weighted by Gasteiger charge is -2.17. The molecule has 8 heteroatoms. The molecule has 17 heavy (non-hydrogen) atoms. The van der Waals surface area contributed by atoms with Crippen LogP contribution in [0.5, 0.6) is 0 Å². The fourth-order valence-corrected chi connectivity index (χ4v) is 1.31. The van der Waals surface area contributed by atoms with Gasteiger partial charge >= 0.3 is 6.18 Å². The zero-order valence-corrected chi connectivity index (χ0v) is 9.68. The van der Waals surface area contributed by atoms with Crippen LogP contribution in [0, 0.1) is 0 Å². The van der Waals surface area contributed by atoms with E-state index in [1.165, 1.54) is 0 Å². The highest BCUT2D eigenvalue weighted by atomic mass is 35.5. The van der Waals surface area contributed by atoms with Crippen molar-refractivity contribution in [3.8, 4) is 0 Å². The van der Waals surface area contributed by atoms with Crippen LogP contribution < -0.4 is 5.32 Å². The van der Waals surface area contributed by atoms with Gasteiger partial charge in [-0.3, -0.25) is 0 Å². The van der Waals surface area contributed by atoms with Crippen LogP contribution in [0.1, 0.15) is 18.9 Å². The number of aliphatic hydroxyl groups excluding tert-OH is 1. The van der Waals surface area contributed by atoms with Gasteiger partial charge in [0.1, 0.15) is 11.4 Å². The quantitative estimate of drug-likeness (QED) is 0.824. The number of halogens is 4. The first-order chi connectivity index (χ1) is 7.84. The minimum absolute atomic E-state index is 0.131. The molecule has 1 unspecified atom stereocenters. The number of nitrogens with one attached hydrogen (secondary N) is 1. The Labute approximate surface area is 101 Å². The fraction of sp³-hybridized carbons (Fsp3) is 0.556. The Balaban J connectivity index is 2.99. The molecule has 0 amide bonds. The van der Waals surface area contributed by atoms with Crippen molar-refractivity contribution >= 4 is 17.4 Å². The second-order valence-electron chi connectivity index (χ2n) is 3.46. The number of aromatic nitrogens is 2. The Morgan fingerprint density at radius 2 is 2.18 bits per heavy atom. The second-order valence-corrected chi connectivity index (χ2v) is 3.79. The summed E-state index contributed by atoms with van der Waals surface area (Å²) in [6.07, 6.45) is -3.62. The third-order valence-corrected chi connectivity index (χ3v) is 2.19. The molecule has 0 aliphatic rings. The van der Waals surface area contributed by atoms with E-state index in [1.807, 2.05) is 0 Å². The van der Waals surface area contributed by atoms with Gasteiger partial charge in [-0.1, -0.05) is 0 Å². The molecular weight excluding hydrogens is 259 g/mol. The molecule has 0 aromatic carbocycles. The van der Waals surface area contributed by atoms with Crippen molar-refractivity contribution < 1.29 is 18.3 Å². The number of aliphatic hydroxyl groups is 1. The Morgan fingerprint density at radius 3 is 2.71 bits per heavy atom. The summed E-state index contributed by atoms with van der Waals surface area (Å²) >= 11 is 5.45. The Morgan fingerprint density at radius 1 is 1.53 bits per heavy atom. The third kappa shape index (κ3) is 4.01. The van der Waals surface area contributed by atoms with Gasteiger partial charge in [0.25, 0.3) is 0 Å². The molecule has 0 radical (unpaired) electrons. The first-order valence-electron chi connectivity index (χ1n) is 4.81. The summed E-state index contributed by atoms with van der Waals surface area (Å²) in [6, 6.07) is -0.355. The van der Waals surface area contributed by atoms with Crippen LogP contribution in [0.2, 0.25) is 5.28 Å². The van der Waals surface area contributed by atoms with E-state index < -0.39 is 11.7 Å². The van der Waals surface area contributed by atoms with E-state index in [0.717, 1.165) is 0 Å². The van der Waals surface area contributed by atoms with Crippen LogP contribution in [0.4, 0.5) is 19.0 Å². The number of anilines is 1. The van der Waals surface area contributed by atoms with Crippen LogP contribution >= 0.6 is 11.6 Å². The molecule has 0 aliphatic carbocycles. The average molecular weight is 270 g/mol. The van der Waals surface area contributed by atoms with Gasteiger partial charge in [0.2, 0.25) is 5.28 Å². The number of hydrogen-bond donors (Lipinski definition) is 2. The van der Waals surface area contributed by atoms with E-state index in [1.54, 1.807) is 6.92 Å². The molecule has 0 saturated carbocycles. The summed E-state index contributed by atoms with van der Waals surface area (Å²) < 4.78 is 37.8. The van der Waals surface area contributed by atoms with Gasteiger partial charge in [-0.2, -0.15) is 13.2 Å². The van der Waals surface area contributed by atoms with Gasteiger partial charge in [0, 0.05) is 18.8 Å². The van der Waals surface area contributed by atoms with E-state index in [2.05, 4.69) is 15.3 Å². The van der Waals surface area contributed by atoms with Gasteiger partial charge in [-0.15, -0.1) is 0 Å². The number of hydrogen-bond acceptors (Lipinski definition) is 4. The molecule has 1 heterocycles. The van der Waals surface area contributed by atoms with Crippen LogP contribution in [-0.4, -0.2) is 27.7 Å². The van der Waals surface area contributed by atoms with E-state index in [4.69, 9.17) is 16.7 Å². The number of alkyl halides is 3. The third-order valence-electron chi connectivity index (χ3n) is 2.01. The number of nitrogens with zero attached hydrogens (tertiary/aromatic N) is 2. The summed E-state index contributed by atoms with van der Waals surface area (Å²) in [5.41, 5.74) is -0.980. The maximum atomic E-state index is 12.6. The van der Waals surface area contributed by atoms with E-state index in [0.29, 0.717) is 12.6 Å². The first-order valence-corrected chi connectivity index (χ1v) is 5.19. The Bertz CT molecular complexity index is 386. The largest absolute Gasteiger partial charge is 0.421 e. The van der Waals surface area contributed by atoms with Crippen molar-refractivity contribution in [3.05, 3.63) is 17.0 Å². The predicted molar refractivity (Wildman–Crippen MR) is 56.8 cm³/mol. The molecule has 1 rings (SSSR count). The smallest absolute Gasteiger partial charge is 0.396 e. The summed E-state index contributed by atoms with van der Waals surface area (Å²) in [5, 5.41) is 11.0. The Kier molecular flexibility index (Phi) is 4.53.